The lowest BCUT2D eigenvalue weighted by atomic mass is 10.1. The lowest BCUT2D eigenvalue weighted by Gasteiger charge is -2.19. The summed E-state index contributed by atoms with van der Waals surface area (Å²) in [6.07, 6.45) is 4.83. The van der Waals surface area contributed by atoms with Gasteiger partial charge in [-0.3, -0.25) is 4.79 Å². The molecule has 2 aromatic carbocycles. The molecule has 0 radical (unpaired) electrons. The first-order valence-corrected chi connectivity index (χ1v) is 8.65. The molecule has 3 rings (SSSR count). The number of rotatable bonds is 6. The third kappa shape index (κ3) is 4.30. The molecular formula is C21H23N3O2. The maximum Gasteiger partial charge on any atom is 0.261 e. The number of hydrogen-bond acceptors (Lipinski definition) is 3. The van der Waals surface area contributed by atoms with E-state index in [2.05, 4.69) is 10.3 Å². The second kappa shape index (κ2) is 7.87. The van der Waals surface area contributed by atoms with Gasteiger partial charge in [0.1, 0.15) is 5.75 Å². The number of hydrogen-bond donors (Lipinski definition) is 1. The summed E-state index contributed by atoms with van der Waals surface area (Å²) < 4.78 is 7.65. The SMILES string of the molecule is Cc1ccc(O[C@@H](C)C(=O)N[C@H](C)c2ccc(-n3ccnc3)cc2)cc1. The molecule has 0 aliphatic carbocycles. The fourth-order valence-electron chi connectivity index (χ4n) is 2.64. The van der Waals surface area contributed by atoms with Gasteiger partial charge in [0, 0.05) is 18.1 Å². The Morgan fingerprint density at radius 3 is 2.38 bits per heavy atom. The Morgan fingerprint density at radius 1 is 1.08 bits per heavy atom. The lowest BCUT2D eigenvalue weighted by Crippen LogP contribution is -2.37. The summed E-state index contributed by atoms with van der Waals surface area (Å²) in [6, 6.07) is 15.6. The highest BCUT2D eigenvalue weighted by atomic mass is 16.5. The Morgan fingerprint density at radius 2 is 1.77 bits per heavy atom. The van der Waals surface area contributed by atoms with Crippen molar-refractivity contribution in [2.75, 3.05) is 0 Å². The first kappa shape index (κ1) is 17.7. The van der Waals surface area contributed by atoms with Crippen LogP contribution < -0.4 is 10.1 Å². The third-order valence-corrected chi connectivity index (χ3v) is 4.26. The molecule has 0 fully saturated rings. The van der Waals surface area contributed by atoms with E-state index in [4.69, 9.17) is 4.74 Å². The van der Waals surface area contributed by atoms with Gasteiger partial charge >= 0.3 is 0 Å². The van der Waals surface area contributed by atoms with Crippen molar-refractivity contribution in [2.24, 2.45) is 0 Å². The number of ether oxygens (including phenoxy) is 1. The van der Waals surface area contributed by atoms with Crippen molar-refractivity contribution in [1.82, 2.24) is 14.9 Å². The van der Waals surface area contributed by atoms with E-state index in [9.17, 15) is 4.79 Å². The van der Waals surface area contributed by atoms with Gasteiger partial charge in [-0.25, -0.2) is 4.98 Å². The maximum absolute atomic E-state index is 12.4. The number of nitrogens with one attached hydrogen (secondary N) is 1. The van der Waals surface area contributed by atoms with Crippen LogP contribution in [0.25, 0.3) is 5.69 Å². The van der Waals surface area contributed by atoms with Gasteiger partial charge in [0.05, 0.1) is 12.4 Å². The number of carbonyl (C=O) groups excluding carboxylic acids is 1. The van der Waals surface area contributed by atoms with Crippen molar-refractivity contribution >= 4 is 5.91 Å². The molecule has 0 aliphatic heterocycles. The van der Waals surface area contributed by atoms with Crippen molar-refractivity contribution < 1.29 is 9.53 Å². The summed E-state index contributed by atoms with van der Waals surface area (Å²) in [4.78, 5) is 16.4. The lowest BCUT2D eigenvalue weighted by molar-refractivity contribution is -0.127. The van der Waals surface area contributed by atoms with E-state index in [0.29, 0.717) is 5.75 Å². The van der Waals surface area contributed by atoms with Crippen LogP contribution in [-0.4, -0.2) is 21.6 Å². The molecule has 1 N–H and O–H groups in total. The predicted molar refractivity (Wildman–Crippen MR) is 101 cm³/mol. The molecule has 1 aromatic heterocycles. The summed E-state index contributed by atoms with van der Waals surface area (Å²) in [5, 5.41) is 3.00. The van der Waals surface area contributed by atoms with Crippen LogP contribution in [0.4, 0.5) is 0 Å². The zero-order valence-electron chi connectivity index (χ0n) is 15.2. The van der Waals surface area contributed by atoms with Crippen LogP contribution in [0.15, 0.2) is 67.3 Å². The van der Waals surface area contributed by atoms with Gasteiger partial charge in [-0.1, -0.05) is 29.8 Å². The molecule has 3 aromatic rings. The van der Waals surface area contributed by atoms with Crippen LogP contribution in [0, 0.1) is 6.92 Å². The zero-order valence-corrected chi connectivity index (χ0v) is 15.2. The summed E-state index contributed by atoms with van der Waals surface area (Å²) in [5.41, 5.74) is 3.22. The van der Waals surface area contributed by atoms with E-state index in [-0.39, 0.29) is 11.9 Å². The molecule has 0 bridgehead atoms. The zero-order chi connectivity index (χ0) is 18.5. The standard InChI is InChI=1S/C21H23N3O2/c1-15-4-10-20(11-5-15)26-17(3)21(25)23-16(2)18-6-8-19(9-7-18)24-13-12-22-14-24/h4-14,16-17H,1-3H3,(H,23,25)/t16-,17+/m1/s1. The van der Waals surface area contributed by atoms with E-state index in [1.165, 1.54) is 0 Å². The first-order valence-electron chi connectivity index (χ1n) is 8.65. The second-order valence-corrected chi connectivity index (χ2v) is 6.36. The monoisotopic (exact) mass is 349 g/mol. The highest BCUT2D eigenvalue weighted by Gasteiger charge is 2.17. The molecule has 0 aliphatic rings. The van der Waals surface area contributed by atoms with Crippen molar-refractivity contribution in [1.29, 1.82) is 0 Å². The van der Waals surface area contributed by atoms with Gasteiger partial charge in [0.2, 0.25) is 0 Å². The van der Waals surface area contributed by atoms with Crippen molar-refractivity contribution in [2.45, 2.75) is 32.9 Å². The van der Waals surface area contributed by atoms with Gasteiger partial charge in [-0.15, -0.1) is 0 Å². The Labute approximate surface area is 153 Å². The molecule has 5 heteroatoms. The topological polar surface area (TPSA) is 56.1 Å². The molecule has 0 saturated heterocycles. The molecular weight excluding hydrogens is 326 g/mol. The fourth-order valence-corrected chi connectivity index (χ4v) is 2.64. The van der Waals surface area contributed by atoms with Crippen LogP contribution in [0.1, 0.15) is 31.0 Å². The average Bonchev–Trinajstić information content (AvgIpc) is 3.18. The summed E-state index contributed by atoms with van der Waals surface area (Å²) in [6.45, 7) is 5.73. The third-order valence-electron chi connectivity index (χ3n) is 4.26. The quantitative estimate of drug-likeness (QED) is 0.736. The van der Waals surface area contributed by atoms with Crippen LogP contribution in [0.5, 0.6) is 5.75 Å². The molecule has 1 heterocycles. The second-order valence-electron chi connectivity index (χ2n) is 6.36. The van der Waals surface area contributed by atoms with Gasteiger partial charge in [-0.2, -0.15) is 0 Å². The Kier molecular flexibility index (Phi) is 5.37. The average molecular weight is 349 g/mol. The van der Waals surface area contributed by atoms with Gasteiger partial charge in [0.25, 0.3) is 5.91 Å². The molecule has 26 heavy (non-hydrogen) atoms. The van der Waals surface area contributed by atoms with Crippen LogP contribution >= 0.6 is 0 Å². The van der Waals surface area contributed by atoms with Crippen LogP contribution in [-0.2, 0) is 4.79 Å². The molecule has 1 amide bonds. The first-order chi connectivity index (χ1) is 12.5. The van der Waals surface area contributed by atoms with Crippen LogP contribution in [0.3, 0.4) is 0 Å². The van der Waals surface area contributed by atoms with E-state index >= 15 is 0 Å². The van der Waals surface area contributed by atoms with Gasteiger partial charge < -0.3 is 14.6 Å². The van der Waals surface area contributed by atoms with Gasteiger partial charge in [0.15, 0.2) is 6.10 Å². The normalized spacial score (nSPS) is 13.0. The minimum atomic E-state index is -0.564. The number of benzene rings is 2. The molecule has 2 atom stereocenters. The Bertz CT molecular complexity index is 840. The molecule has 0 spiro atoms. The summed E-state index contributed by atoms with van der Waals surface area (Å²) in [7, 11) is 0. The molecule has 134 valence electrons. The van der Waals surface area contributed by atoms with E-state index in [0.717, 1.165) is 16.8 Å². The van der Waals surface area contributed by atoms with Crippen molar-refractivity contribution in [3.05, 3.63) is 78.4 Å². The van der Waals surface area contributed by atoms with Crippen LogP contribution in [0.2, 0.25) is 0 Å². The largest absolute Gasteiger partial charge is 0.481 e. The van der Waals surface area contributed by atoms with E-state index in [1.807, 2.05) is 73.1 Å². The number of aryl methyl sites for hydroxylation is 1. The van der Waals surface area contributed by atoms with E-state index in [1.54, 1.807) is 19.4 Å². The number of amides is 1. The number of aromatic nitrogens is 2. The number of carbonyl (C=O) groups is 1. The summed E-state index contributed by atoms with van der Waals surface area (Å²) >= 11 is 0. The minimum Gasteiger partial charge on any atom is -0.481 e. The molecule has 0 unspecified atom stereocenters. The molecule has 5 nitrogen and oxygen atoms in total. The van der Waals surface area contributed by atoms with Crippen molar-refractivity contribution in [3.63, 3.8) is 0 Å². The Hall–Kier alpha value is -3.08. The predicted octanol–water partition coefficient (Wildman–Crippen LogP) is 3.83. The fraction of sp³-hybridized carbons (Fsp3) is 0.238. The number of nitrogens with zero attached hydrogens (tertiary/aromatic N) is 2. The maximum atomic E-state index is 12.4. The molecule has 0 saturated carbocycles. The highest BCUT2D eigenvalue weighted by molar-refractivity contribution is 5.81. The highest BCUT2D eigenvalue weighted by Crippen LogP contribution is 2.17. The minimum absolute atomic E-state index is 0.108. The smallest absolute Gasteiger partial charge is 0.261 e. The van der Waals surface area contributed by atoms with Gasteiger partial charge in [-0.05, 0) is 50.6 Å². The Balaban J connectivity index is 1.58. The van der Waals surface area contributed by atoms with Crippen molar-refractivity contribution in [3.8, 4) is 11.4 Å². The van der Waals surface area contributed by atoms with E-state index < -0.39 is 6.10 Å². The number of imidazole rings is 1. The summed E-state index contributed by atoms with van der Waals surface area (Å²) in [5.74, 6) is 0.548.